The van der Waals surface area contributed by atoms with Gasteiger partial charge in [-0.2, -0.15) is 5.10 Å². The minimum Gasteiger partial charge on any atom is -0.481 e. The summed E-state index contributed by atoms with van der Waals surface area (Å²) in [4.78, 5) is 11.1. The zero-order chi connectivity index (χ0) is 13.0. The number of aliphatic hydroxyl groups is 1. The fraction of sp³-hybridized carbons (Fsp3) is 0.667. The Morgan fingerprint density at radius 1 is 1.53 bits per heavy atom. The molecule has 1 heterocycles. The van der Waals surface area contributed by atoms with Crippen molar-refractivity contribution in [2.45, 2.75) is 39.2 Å². The zero-order valence-corrected chi connectivity index (χ0v) is 10.6. The molecule has 0 amide bonds. The molecular formula is C12H20N2O3. The topological polar surface area (TPSA) is 75.3 Å². The van der Waals surface area contributed by atoms with E-state index in [9.17, 15) is 9.90 Å². The monoisotopic (exact) mass is 240 g/mol. The fourth-order valence-electron chi connectivity index (χ4n) is 2.02. The maximum atomic E-state index is 11.1. The van der Waals surface area contributed by atoms with Crippen LogP contribution in [0.4, 0.5) is 0 Å². The van der Waals surface area contributed by atoms with Crippen molar-refractivity contribution in [3.05, 3.63) is 17.5 Å². The average Bonchev–Trinajstić information content (AvgIpc) is 2.66. The lowest BCUT2D eigenvalue weighted by Crippen LogP contribution is -2.22. The van der Waals surface area contributed by atoms with Crippen molar-refractivity contribution in [1.82, 2.24) is 9.78 Å². The zero-order valence-electron chi connectivity index (χ0n) is 10.6. The van der Waals surface area contributed by atoms with E-state index in [0.717, 1.165) is 12.1 Å². The molecule has 0 saturated carbocycles. The van der Waals surface area contributed by atoms with Crippen LogP contribution in [0.15, 0.2) is 6.20 Å². The molecule has 0 bridgehead atoms. The van der Waals surface area contributed by atoms with Gasteiger partial charge in [-0.1, -0.05) is 20.3 Å². The van der Waals surface area contributed by atoms with Gasteiger partial charge in [-0.25, -0.2) is 0 Å². The number of carbonyl (C=O) groups is 1. The summed E-state index contributed by atoms with van der Waals surface area (Å²) in [6.45, 7) is 3.85. The summed E-state index contributed by atoms with van der Waals surface area (Å²) < 4.78 is 1.61. The van der Waals surface area contributed by atoms with Gasteiger partial charge in [0.25, 0.3) is 0 Å². The van der Waals surface area contributed by atoms with Gasteiger partial charge < -0.3 is 10.2 Å². The largest absolute Gasteiger partial charge is 0.481 e. The third-order valence-electron chi connectivity index (χ3n) is 2.89. The molecule has 2 atom stereocenters. The van der Waals surface area contributed by atoms with E-state index in [1.165, 1.54) is 0 Å². The number of hydrogen-bond donors (Lipinski definition) is 2. The SMILES string of the molecule is CCCC(C(=O)O)C(O)c1cn(C)nc1CC. The molecule has 5 heteroatoms. The first-order valence-corrected chi connectivity index (χ1v) is 5.94. The van der Waals surface area contributed by atoms with Gasteiger partial charge in [-0.05, 0) is 12.8 Å². The second-order valence-electron chi connectivity index (χ2n) is 4.24. The quantitative estimate of drug-likeness (QED) is 0.790. The lowest BCUT2D eigenvalue weighted by atomic mass is 9.92. The minimum absolute atomic E-state index is 0.467. The van der Waals surface area contributed by atoms with Crippen molar-refractivity contribution < 1.29 is 15.0 Å². The number of aromatic nitrogens is 2. The Morgan fingerprint density at radius 3 is 2.65 bits per heavy atom. The molecule has 0 aromatic carbocycles. The number of rotatable bonds is 6. The van der Waals surface area contributed by atoms with Gasteiger partial charge in [-0.3, -0.25) is 9.48 Å². The van der Waals surface area contributed by atoms with Gasteiger partial charge in [0.1, 0.15) is 0 Å². The van der Waals surface area contributed by atoms with Crippen LogP contribution in [0.1, 0.15) is 44.1 Å². The third-order valence-corrected chi connectivity index (χ3v) is 2.89. The Kier molecular flexibility index (Phi) is 4.69. The molecular weight excluding hydrogens is 220 g/mol. The molecule has 5 nitrogen and oxygen atoms in total. The highest BCUT2D eigenvalue weighted by Gasteiger charge is 2.29. The molecule has 2 N–H and O–H groups in total. The molecule has 0 fully saturated rings. The molecule has 1 rings (SSSR count). The number of carboxylic acid groups (broad SMARTS) is 1. The Labute approximate surface area is 101 Å². The van der Waals surface area contributed by atoms with E-state index in [2.05, 4.69) is 5.10 Å². The number of hydrogen-bond acceptors (Lipinski definition) is 3. The second kappa shape index (κ2) is 5.82. The summed E-state index contributed by atoms with van der Waals surface area (Å²) >= 11 is 0. The van der Waals surface area contributed by atoms with Crippen LogP contribution in [0.2, 0.25) is 0 Å². The van der Waals surface area contributed by atoms with Crippen LogP contribution >= 0.6 is 0 Å². The van der Waals surface area contributed by atoms with Crippen LogP contribution in [0, 0.1) is 5.92 Å². The first-order valence-electron chi connectivity index (χ1n) is 5.94. The van der Waals surface area contributed by atoms with Crippen molar-refractivity contribution in [2.24, 2.45) is 13.0 Å². The van der Waals surface area contributed by atoms with Crippen molar-refractivity contribution in [3.8, 4) is 0 Å². The van der Waals surface area contributed by atoms with Crippen molar-refractivity contribution in [2.75, 3.05) is 0 Å². The molecule has 2 unspecified atom stereocenters. The van der Waals surface area contributed by atoms with Crippen LogP contribution in [0.25, 0.3) is 0 Å². The van der Waals surface area contributed by atoms with E-state index >= 15 is 0 Å². The molecule has 0 aliphatic rings. The van der Waals surface area contributed by atoms with E-state index in [-0.39, 0.29) is 0 Å². The molecule has 0 spiro atoms. The van der Waals surface area contributed by atoms with Crippen LogP contribution in [-0.2, 0) is 18.3 Å². The molecule has 17 heavy (non-hydrogen) atoms. The highest BCUT2D eigenvalue weighted by Crippen LogP contribution is 2.28. The van der Waals surface area contributed by atoms with Crippen molar-refractivity contribution >= 4 is 5.97 Å². The molecule has 96 valence electrons. The number of nitrogens with zero attached hydrogens (tertiary/aromatic N) is 2. The van der Waals surface area contributed by atoms with E-state index in [0.29, 0.717) is 18.4 Å². The standard InChI is InChI=1S/C12H20N2O3/c1-4-6-8(12(16)17)11(15)9-7-14(3)13-10(9)5-2/h7-8,11,15H,4-6H2,1-3H3,(H,16,17). The minimum atomic E-state index is -0.976. The Balaban J connectivity index is 2.99. The molecule has 1 aromatic heterocycles. The molecule has 0 saturated heterocycles. The highest BCUT2D eigenvalue weighted by atomic mass is 16.4. The second-order valence-corrected chi connectivity index (χ2v) is 4.24. The maximum Gasteiger partial charge on any atom is 0.309 e. The van der Waals surface area contributed by atoms with Gasteiger partial charge in [0.2, 0.25) is 0 Å². The summed E-state index contributed by atoms with van der Waals surface area (Å²) in [7, 11) is 1.77. The highest BCUT2D eigenvalue weighted by molar-refractivity contribution is 5.71. The van der Waals surface area contributed by atoms with Crippen molar-refractivity contribution in [3.63, 3.8) is 0 Å². The number of aliphatic hydroxyl groups excluding tert-OH is 1. The van der Waals surface area contributed by atoms with Crippen LogP contribution in [-0.4, -0.2) is 26.0 Å². The van der Waals surface area contributed by atoms with Gasteiger partial charge in [0.05, 0.1) is 17.7 Å². The Bertz CT molecular complexity index is 387. The van der Waals surface area contributed by atoms with Crippen LogP contribution in [0.3, 0.4) is 0 Å². The maximum absolute atomic E-state index is 11.1. The molecule has 0 radical (unpaired) electrons. The van der Waals surface area contributed by atoms with E-state index in [1.54, 1.807) is 17.9 Å². The summed E-state index contributed by atoms with van der Waals surface area (Å²) in [5.41, 5.74) is 1.40. The molecule has 0 aliphatic heterocycles. The summed E-state index contributed by atoms with van der Waals surface area (Å²) in [5.74, 6) is -1.71. The van der Waals surface area contributed by atoms with Gasteiger partial charge in [-0.15, -0.1) is 0 Å². The normalized spacial score (nSPS) is 14.6. The summed E-state index contributed by atoms with van der Waals surface area (Å²) in [6, 6.07) is 0. The third kappa shape index (κ3) is 3.06. The number of aryl methyl sites for hydroxylation is 2. The van der Waals surface area contributed by atoms with Crippen LogP contribution in [0.5, 0.6) is 0 Å². The lowest BCUT2D eigenvalue weighted by molar-refractivity contribution is -0.146. The predicted molar refractivity (Wildman–Crippen MR) is 63.6 cm³/mol. The Morgan fingerprint density at radius 2 is 2.18 bits per heavy atom. The van der Waals surface area contributed by atoms with E-state index in [4.69, 9.17) is 5.11 Å². The van der Waals surface area contributed by atoms with Crippen LogP contribution < -0.4 is 0 Å². The molecule has 0 aliphatic carbocycles. The van der Waals surface area contributed by atoms with Gasteiger partial charge in [0.15, 0.2) is 0 Å². The first kappa shape index (κ1) is 13.7. The average molecular weight is 240 g/mol. The van der Waals surface area contributed by atoms with E-state index in [1.807, 2.05) is 13.8 Å². The summed E-state index contributed by atoms with van der Waals surface area (Å²) in [5, 5.41) is 23.5. The lowest BCUT2D eigenvalue weighted by Gasteiger charge is -2.18. The molecule has 1 aromatic rings. The van der Waals surface area contributed by atoms with E-state index < -0.39 is 18.0 Å². The smallest absolute Gasteiger partial charge is 0.309 e. The number of aliphatic carboxylic acids is 1. The summed E-state index contributed by atoms with van der Waals surface area (Å²) in [6.07, 6.45) is 2.61. The fourth-order valence-corrected chi connectivity index (χ4v) is 2.02. The van der Waals surface area contributed by atoms with Gasteiger partial charge in [0, 0.05) is 18.8 Å². The predicted octanol–water partition coefficient (Wildman–Crippen LogP) is 1.52. The number of carboxylic acids is 1. The van der Waals surface area contributed by atoms with Gasteiger partial charge >= 0.3 is 5.97 Å². The Hall–Kier alpha value is -1.36. The first-order chi connectivity index (χ1) is 8.01. The van der Waals surface area contributed by atoms with Crippen molar-refractivity contribution in [1.29, 1.82) is 0 Å².